The lowest BCUT2D eigenvalue weighted by Crippen LogP contribution is -2.39. The highest BCUT2D eigenvalue weighted by atomic mass is 16.6. The number of ether oxygens (including phenoxy) is 2. The van der Waals surface area contributed by atoms with Crippen molar-refractivity contribution < 1.29 is 19.4 Å². The minimum absolute atomic E-state index is 0.212. The van der Waals surface area contributed by atoms with Gasteiger partial charge in [0.05, 0.1) is 18.8 Å². The number of aliphatic hydroxyl groups excluding tert-OH is 1. The fraction of sp³-hybridized carbons (Fsp3) is 0.812. The van der Waals surface area contributed by atoms with Crippen molar-refractivity contribution in [1.82, 2.24) is 0 Å². The molecule has 0 aromatic carbocycles. The Kier molecular flexibility index (Phi) is 7.24. The smallest absolute Gasteiger partial charge is 0.333 e. The van der Waals surface area contributed by atoms with Crippen LogP contribution in [-0.2, 0) is 14.3 Å². The molecule has 0 aromatic heterocycles. The maximum Gasteiger partial charge on any atom is 0.333 e. The van der Waals surface area contributed by atoms with Crippen molar-refractivity contribution in [1.29, 1.82) is 0 Å². The molecule has 0 aliphatic heterocycles. The standard InChI is InChI=1S/C16H28O4/c1-11(2)16(18)20-15(13(4)19-10-12(3)17)14-8-6-5-7-9-14/h12-15,17H,1,5-10H2,2-4H3. The van der Waals surface area contributed by atoms with Crippen molar-refractivity contribution in [2.75, 3.05) is 6.61 Å². The molecule has 0 saturated heterocycles. The van der Waals surface area contributed by atoms with Crippen LogP contribution in [0.5, 0.6) is 0 Å². The first-order valence-corrected chi connectivity index (χ1v) is 7.58. The number of hydrogen-bond donors (Lipinski definition) is 1. The van der Waals surface area contributed by atoms with E-state index in [0.29, 0.717) is 11.5 Å². The summed E-state index contributed by atoms with van der Waals surface area (Å²) in [6.07, 6.45) is 4.76. The second-order valence-corrected chi connectivity index (χ2v) is 5.94. The Hall–Kier alpha value is -0.870. The lowest BCUT2D eigenvalue weighted by atomic mass is 9.83. The van der Waals surface area contributed by atoms with Crippen molar-refractivity contribution >= 4 is 5.97 Å². The first-order chi connectivity index (χ1) is 9.41. The average molecular weight is 284 g/mol. The highest BCUT2D eigenvalue weighted by molar-refractivity contribution is 5.87. The van der Waals surface area contributed by atoms with Gasteiger partial charge in [-0.15, -0.1) is 0 Å². The van der Waals surface area contributed by atoms with Gasteiger partial charge in [-0.2, -0.15) is 0 Å². The highest BCUT2D eigenvalue weighted by Crippen LogP contribution is 2.30. The van der Waals surface area contributed by atoms with Crippen LogP contribution >= 0.6 is 0 Å². The van der Waals surface area contributed by atoms with Crippen LogP contribution in [0, 0.1) is 5.92 Å². The average Bonchev–Trinajstić information content (AvgIpc) is 2.42. The molecule has 0 spiro atoms. The zero-order valence-electron chi connectivity index (χ0n) is 12.9. The molecule has 1 saturated carbocycles. The molecule has 0 heterocycles. The van der Waals surface area contributed by atoms with E-state index in [2.05, 4.69) is 6.58 Å². The van der Waals surface area contributed by atoms with Crippen LogP contribution in [0.15, 0.2) is 12.2 Å². The molecule has 0 amide bonds. The summed E-state index contributed by atoms with van der Waals surface area (Å²) < 4.78 is 11.2. The van der Waals surface area contributed by atoms with E-state index in [1.54, 1.807) is 13.8 Å². The van der Waals surface area contributed by atoms with E-state index < -0.39 is 6.10 Å². The van der Waals surface area contributed by atoms with Crippen LogP contribution in [0.25, 0.3) is 0 Å². The molecule has 0 aromatic rings. The van der Waals surface area contributed by atoms with Gasteiger partial charge in [0.25, 0.3) is 0 Å². The SMILES string of the molecule is C=C(C)C(=O)OC(C1CCCCC1)C(C)OCC(C)O. The predicted molar refractivity (Wildman–Crippen MR) is 78.4 cm³/mol. The summed E-state index contributed by atoms with van der Waals surface area (Å²) in [5.41, 5.74) is 0.411. The summed E-state index contributed by atoms with van der Waals surface area (Å²) in [5.74, 6) is -0.0101. The summed E-state index contributed by atoms with van der Waals surface area (Å²) >= 11 is 0. The molecule has 1 aliphatic rings. The van der Waals surface area contributed by atoms with E-state index in [-0.39, 0.29) is 24.8 Å². The van der Waals surface area contributed by atoms with Crippen LogP contribution in [0.3, 0.4) is 0 Å². The molecule has 1 N–H and O–H groups in total. The van der Waals surface area contributed by atoms with Crippen LogP contribution in [0.2, 0.25) is 0 Å². The normalized spacial score (nSPS) is 21.0. The van der Waals surface area contributed by atoms with Crippen molar-refractivity contribution in [2.45, 2.75) is 71.2 Å². The van der Waals surface area contributed by atoms with Gasteiger partial charge in [0.15, 0.2) is 0 Å². The zero-order valence-corrected chi connectivity index (χ0v) is 12.9. The number of hydrogen-bond acceptors (Lipinski definition) is 4. The fourth-order valence-electron chi connectivity index (χ4n) is 2.65. The van der Waals surface area contributed by atoms with Gasteiger partial charge in [-0.25, -0.2) is 4.79 Å². The molecule has 4 nitrogen and oxygen atoms in total. The Bertz CT molecular complexity index is 318. The van der Waals surface area contributed by atoms with Gasteiger partial charge in [0.2, 0.25) is 0 Å². The van der Waals surface area contributed by atoms with Crippen molar-refractivity contribution in [3.63, 3.8) is 0 Å². The Morgan fingerprint density at radius 2 is 1.90 bits per heavy atom. The van der Waals surface area contributed by atoms with Gasteiger partial charge in [0, 0.05) is 5.57 Å². The molecule has 3 unspecified atom stereocenters. The number of rotatable bonds is 7. The second-order valence-electron chi connectivity index (χ2n) is 5.94. The van der Waals surface area contributed by atoms with Crippen LogP contribution in [0.4, 0.5) is 0 Å². The lowest BCUT2D eigenvalue weighted by Gasteiger charge is -2.34. The Morgan fingerprint density at radius 3 is 2.40 bits per heavy atom. The van der Waals surface area contributed by atoms with E-state index in [0.717, 1.165) is 12.8 Å². The fourth-order valence-corrected chi connectivity index (χ4v) is 2.65. The van der Waals surface area contributed by atoms with Gasteiger partial charge in [-0.1, -0.05) is 25.8 Å². The molecule has 1 fully saturated rings. The van der Waals surface area contributed by atoms with E-state index in [1.165, 1.54) is 19.3 Å². The maximum atomic E-state index is 11.8. The van der Waals surface area contributed by atoms with Gasteiger partial charge in [0.1, 0.15) is 6.10 Å². The molecule has 20 heavy (non-hydrogen) atoms. The Balaban J connectivity index is 2.66. The predicted octanol–water partition coefficient (Wildman–Crippen LogP) is 2.84. The third kappa shape index (κ3) is 5.63. The highest BCUT2D eigenvalue weighted by Gasteiger charge is 2.32. The first kappa shape index (κ1) is 17.2. The topological polar surface area (TPSA) is 55.8 Å². The molecule has 1 aliphatic carbocycles. The van der Waals surface area contributed by atoms with Crippen molar-refractivity contribution in [3.05, 3.63) is 12.2 Å². The van der Waals surface area contributed by atoms with Crippen LogP contribution < -0.4 is 0 Å². The Labute approximate surface area is 122 Å². The molecule has 116 valence electrons. The summed E-state index contributed by atoms with van der Waals surface area (Å²) in [7, 11) is 0. The number of aliphatic hydroxyl groups is 1. The van der Waals surface area contributed by atoms with E-state index in [9.17, 15) is 9.90 Å². The third-order valence-corrected chi connectivity index (χ3v) is 3.77. The van der Waals surface area contributed by atoms with Crippen molar-refractivity contribution in [2.24, 2.45) is 5.92 Å². The summed E-state index contributed by atoms with van der Waals surface area (Å²) in [4.78, 5) is 11.8. The molecule has 1 rings (SSSR count). The monoisotopic (exact) mass is 284 g/mol. The molecular weight excluding hydrogens is 256 g/mol. The maximum absolute atomic E-state index is 11.8. The molecular formula is C16H28O4. The summed E-state index contributed by atoms with van der Waals surface area (Å²) in [6, 6.07) is 0. The Morgan fingerprint density at radius 1 is 1.30 bits per heavy atom. The minimum atomic E-state index is -0.513. The quantitative estimate of drug-likeness (QED) is 0.577. The molecule has 0 bridgehead atoms. The second kappa shape index (κ2) is 8.42. The van der Waals surface area contributed by atoms with E-state index in [1.807, 2.05) is 6.92 Å². The number of carbonyl (C=O) groups excluding carboxylic acids is 1. The van der Waals surface area contributed by atoms with E-state index >= 15 is 0 Å². The molecule has 0 radical (unpaired) electrons. The first-order valence-electron chi connectivity index (χ1n) is 7.58. The molecule has 4 heteroatoms. The summed E-state index contributed by atoms with van der Waals surface area (Å²) in [6.45, 7) is 9.14. The number of esters is 1. The third-order valence-electron chi connectivity index (χ3n) is 3.77. The largest absolute Gasteiger partial charge is 0.456 e. The summed E-state index contributed by atoms with van der Waals surface area (Å²) in [5, 5.41) is 9.32. The van der Waals surface area contributed by atoms with Gasteiger partial charge >= 0.3 is 5.97 Å². The van der Waals surface area contributed by atoms with Crippen molar-refractivity contribution in [3.8, 4) is 0 Å². The zero-order chi connectivity index (χ0) is 15.1. The van der Waals surface area contributed by atoms with Gasteiger partial charge < -0.3 is 14.6 Å². The lowest BCUT2D eigenvalue weighted by molar-refractivity contribution is -0.160. The minimum Gasteiger partial charge on any atom is -0.456 e. The van der Waals surface area contributed by atoms with Crippen LogP contribution in [-0.4, -0.2) is 36.0 Å². The van der Waals surface area contributed by atoms with E-state index in [4.69, 9.17) is 9.47 Å². The van der Waals surface area contributed by atoms with Gasteiger partial charge in [-0.3, -0.25) is 0 Å². The van der Waals surface area contributed by atoms with Gasteiger partial charge in [-0.05, 0) is 39.5 Å². The number of carbonyl (C=O) groups is 1. The van der Waals surface area contributed by atoms with Crippen LogP contribution in [0.1, 0.15) is 52.9 Å². The molecule has 3 atom stereocenters.